The minimum Gasteiger partial charge on any atom is -0.497 e. The molecule has 0 amide bonds. The van der Waals surface area contributed by atoms with E-state index in [0.717, 1.165) is 11.4 Å². The number of carbonyl (C=O) groups excluding carboxylic acids is 1. The largest absolute Gasteiger partial charge is 0.497 e. The molecule has 4 nitrogen and oxygen atoms in total. The highest BCUT2D eigenvalue weighted by atomic mass is 16.5. The molecule has 0 aliphatic carbocycles. The number of anilines is 1. The van der Waals surface area contributed by atoms with E-state index >= 15 is 0 Å². The predicted octanol–water partition coefficient (Wildman–Crippen LogP) is 4.67. The molecule has 0 aliphatic rings. The maximum atomic E-state index is 11.5. The highest BCUT2D eigenvalue weighted by Gasteiger charge is 2.12. The molecule has 1 N–H and O–H groups in total. The monoisotopic (exact) mass is 339 g/mol. The molecule has 4 heteroatoms. The van der Waals surface area contributed by atoms with Crippen LogP contribution >= 0.6 is 0 Å². The fourth-order valence-corrected chi connectivity index (χ4v) is 2.62. The lowest BCUT2D eigenvalue weighted by molar-refractivity contribution is -0.137. The minimum atomic E-state index is -0.310. The fraction of sp³-hybridized carbons (Fsp3) is 0.286. The van der Waals surface area contributed by atoms with Crippen molar-refractivity contribution in [2.45, 2.75) is 26.3 Å². The van der Waals surface area contributed by atoms with Crippen molar-refractivity contribution in [1.29, 1.82) is 0 Å². The van der Waals surface area contributed by atoms with Crippen molar-refractivity contribution < 1.29 is 14.3 Å². The third-order valence-corrected chi connectivity index (χ3v) is 3.91. The summed E-state index contributed by atoms with van der Waals surface area (Å²) in [4.78, 5) is 11.5. The van der Waals surface area contributed by atoms with Gasteiger partial charge in [-0.2, -0.15) is 0 Å². The molecular formula is C21H25NO3. The summed E-state index contributed by atoms with van der Waals surface area (Å²) < 4.78 is 10.1. The van der Waals surface area contributed by atoms with Gasteiger partial charge in [-0.3, -0.25) is 0 Å². The molecule has 1 atom stereocenters. The van der Waals surface area contributed by atoms with Gasteiger partial charge in [-0.15, -0.1) is 0 Å². The fourth-order valence-electron chi connectivity index (χ4n) is 2.62. The second-order valence-corrected chi connectivity index (χ2v) is 5.67. The summed E-state index contributed by atoms with van der Waals surface area (Å²) in [6.07, 6.45) is 4.02. The summed E-state index contributed by atoms with van der Waals surface area (Å²) in [5.74, 6) is 0.510. The molecule has 0 bridgehead atoms. The third-order valence-electron chi connectivity index (χ3n) is 3.91. The van der Waals surface area contributed by atoms with Gasteiger partial charge in [0.25, 0.3) is 0 Å². The predicted molar refractivity (Wildman–Crippen MR) is 101 cm³/mol. The average Bonchev–Trinajstić information content (AvgIpc) is 2.62. The lowest BCUT2D eigenvalue weighted by Gasteiger charge is -2.21. The van der Waals surface area contributed by atoms with Gasteiger partial charge in [-0.25, -0.2) is 4.79 Å². The average molecular weight is 339 g/mol. The number of ether oxygens (including phenoxy) is 2. The molecule has 2 aromatic carbocycles. The Morgan fingerprint density at radius 1 is 1.16 bits per heavy atom. The Bertz CT molecular complexity index is 707. The first kappa shape index (κ1) is 18.6. The van der Waals surface area contributed by atoms with Crippen LogP contribution < -0.4 is 10.1 Å². The van der Waals surface area contributed by atoms with Gasteiger partial charge in [-0.05, 0) is 55.7 Å². The minimum absolute atomic E-state index is 0.0558. The molecule has 0 aliphatic heterocycles. The Morgan fingerprint density at radius 3 is 2.52 bits per heavy atom. The van der Waals surface area contributed by atoms with Crippen LogP contribution in [0.3, 0.4) is 0 Å². The highest BCUT2D eigenvalue weighted by molar-refractivity contribution is 5.81. The molecule has 2 rings (SSSR count). The second kappa shape index (κ2) is 9.52. The Morgan fingerprint density at radius 2 is 1.88 bits per heavy atom. The van der Waals surface area contributed by atoms with Crippen molar-refractivity contribution in [3.05, 3.63) is 71.8 Å². The van der Waals surface area contributed by atoms with E-state index in [0.29, 0.717) is 13.0 Å². The van der Waals surface area contributed by atoms with E-state index in [9.17, 15) is 4.79 Å². The maximum Gasteiger partial charge on any atom is 0.330 e. The van der Waals surface area contributed by atoms with Crippen LogP contribution in [-0.2, 0) is 9.53 Å². The molecule has 0 saturated carbocycles. The van der Waals surface area contributed by atoms with Crippen LogP contribution in [0.4, 0.5) is 5.69 Å². The second-order valence-electron chi connectivity index (χ2n) is 5.67. The van der Waals surface area contributed by atoms with E-state index in [2.05, 4.69) is 24.4 Å². The van der Waals surface area contributed by atoms with E-state index in [-0.39, 0.29) is 12.0 Å². The molecule has 0 unspecified atom stereocenters. The van der Waals surface area contributed by atoms with E-state index in [1.54, 1.807) is 14.0 Å². The number of esters is 1. The summed E-state index contributed by atoms with van der Waals surface area (Å²) in [5.41, 5.74) is 3.41. The topological polar surface area (TPSA) is 47.6 Å². The van der Waals surface area contributed by atoms with Crippen LogP contribution in [0.1, 0.15) is 30.5 Å². The van der Waals surface area contributed by atoms with E-state index in [1.807, 2.05) is 42.5 Å². The van der Waals surface area contributed by atoms with Gasteiger partial charge in [0.15, 0.2) is 0 Å². The number of carbonyl (C=O) groups is 1. The van der Waals surface area contributed by atoms with Crippen molar-refractivity contribution in [1.82, 2.24) is 0 Å². The quantitative estimate of drug-likeness (QED) is 0.561. The van der Waals surface area contributed by atoms with Crippen molar-refractivity contribution in [3.63, 3.8) is 0 Å². The first-order valence-corrected chi connectivity index (χ1v) is 8.43. The van der Waals surface area contributed by atoms with E-state index in [4.69, 9.17) is 9.47 Å². The zero-order valence-corrected chi connectivity index (χ0v) is 15.0. The molecule has 25 heavy (non-hydrogen) atoms. The Kier molecular flexibility index (Phi) is 7.08. The number of nitrogens with one attached hydrogen (secondary N) is 1. The van der Waals surface area contributed by atoms with Crippen molar-refractivity contribution in [2.24, 2.45) is 0 Å². The Labute approximate surface area is 149 Å². The number of benzene rings is 2. The summed E-state index contributed by atoms with van der Waals surface area (Å²) in [7, 11) is 1.65. The number of hydrogen-bond donors (Lipinski definition) is 1. The normalized spacial score (nSPS) is 12.0. The smallest absolute Gasteiger partial charge is 0.330 e. The van der Waals surface area contributed by atoms with Crippen molar-refractivity contribution >= 4 is 11.7 Å². The number of rotatable bonds is 8. The SMILES string of the molecule is CCOC(=O)/C=C/C[C@H](Nc1ccc(OC)cc1)c1ccccc1C. The zero-order chi connectivity index (χ0) is 18.1. The molecule has 2 aromatic rings. The third kappa shape index (κ3) is 5.68. The summed E-state index contributed by atoms with van der Waals surface area (Å²) >= 11 is 0. The van der Waals surface area contributed by atoms with Gasteiger partial charge in [0.05, 0.1) is 19.8 Å². The van der Waals surface area contributed by atoms with Gasteiger partial charge in [0, 0.05) is 11.8 Å². The highest BCUT2D eigenvalue weighted by Crippen LogP contribution is 2.26. The van der Waals surface area contributed by atoms with Crippen molar-refractivity contribution in [3.8, 4) is 5.75 Å². The lowest BCUT2D eigenvalue weighted by Crippen LogP contribution is -2.11. The van der Waals surface area contributed by atoms with Gasteiger partial charge in [-0.1, -0.05) is 30.3 Å². The van der Waals surface area contributed by atoms with Crippen LogP contribution in [0.15, 0.2) is 60.7 Å². The zero-order valence-electron chi connectivity index (χ0n) is 15.0. The molecule has 0 spiro atoms. The van der Waals surface area contributed by atoms with Crippen LogP contribution in [0, 0.1) is 6.92 Å². The Balaban J connectivity index is 2.16. The molecule has 0 saturated heterocycles. The van der Waals surface area contributed by atoms with Gasteiger partial charge < -0.3 is 14.8 Å². The van der Waals surface area contributed by atoms with Gasteiger partial charge in [0.2, 0.25) is 0 Å². The molecule has 0 fully saturated rings. The first-order chi connectivity index (χ1) is 12.1. The molecule has 0 heterocycles. The standard InChI is InChI=1S/C21H25NO3/c1-4-25-21(23)11-7-10-20(19-9-6-5-8-16(19)2)22-17-12-14-18(24-3)15-13-17/h5-9,11-15,20,22H,4,10H2,1-3H3/b11-7+/t20-/m0/s1. The van der Waals surface area contributed by atoms with Gasteiger partial charge in [0.1, 0.15) is 5.75 Å². The van der Waals surface area contributed by atoms with E-state index < -0.39 is 0 Å². The van der Waals surface area contributed by atoms with Crippen LogP contribution in [0.5, 0.6) is 5.75 Å². The van der Waals surface area contributed by atoms with E-state index in [1.165, 1.54) is 17.2 Å². The lowest BCUT2D eigenvalue weighted by atomic mass is 9.98. The maximum absolute atomic E-state index is 11.5. The Hall–Kier alpha value is -2.75. The van der Waals surface area contributed by atoms with Crippen LogP contribution in [-0.4, -0.2) is 19.7 Å². The molecule has 132 valence electrons. The first-order valence-electron chi connectivity index (χ1n) is 8.43. The number of methoxy groups -OCH3 is 1. The summed E-state index contributed by atoms with van der Waals surface area (Å²) in [6, 6.07) is 16.1. The molecule has 0 radical (unpaired) electrons. The molecule has 0 aromatic heterocycles. The van der Waals surface area contributed by atoms with Crippen LogP contribution in [0.25, 0.3) is 0 Å². The molecular weight excluding hydrogens is 314 g/mol. The number of hydrogen-bond acceptors (Lipinski definition) is 4. The van der Waals surface area contributed by atoms with Crippen molar-refractivity contribution in [2.75, 3.05) is 19.0 Å². The summed E-state index contributed by atoms with van der Waals surface area (Å²) in [5, 5.41) is 3.53. The van der Waals surface area contributed by atoms with Gasteiger partial charge >= 0.3 is 5.97 Å². The van der Waals surface area contributed by atoms with Crippen LogP contribution in [0.2, 0.25) is 0 Å². The summed E-state index contributed by atoms with van der Waals surface area (Å²) in [6.45, 7) is 4.27. The number of aryl methyl sites for hydroxylation is 1.